The lowest BCUT2D eigenvalue weighted by molar-refractivity contribution is -0.152. The molecule has 1 atom stereocenters. The van der Waals surface area contributed by atoms with Crippen molar-refractivity contribution in [2.45, 2.75) is 19.8 Å². The molecule has 0 bridgehead atoms. The Morgan fingerprint density at radius 1 is 1.20 bits per heavy atom. The monoisotopic (exact) mass is 218 g/mol. The van der Waals surface area contributed by atoms with Crippen LogP contribution in [0.4, 0.5) is 0 Å². The second kappa shape index (κ2) is 8.23. The lowest BCUT2D eigenvalue weighted by atomic mass is 10.0. The molecule has 0 fully saturated rings. The lowest BCUT2D eigenvalue weighted by Crippen LogP contribution is -2.22. The molecule has 15 heavy (non-hydrogen) atoms. The molecule has 0 aromatic heterocycles. The van der Waals surface area contributed by atoms with E-state index in [1.165, 1.54) is 14.2 Å². The maximum absolute atomic E-state index is 11.3. The van der Waals surface area contributed by atoms with Crippen LogP contribution in [-0.4, -0.2) is 39.4 Å². The van der Waals surface area contributed by atoms with E-state index >= 15 is 0 Å². The summed E-state index contributed by atoms with van der Waals surface area (Å²) in [4.78, 5) is 22.3. The molecular formula is C10H18O5. The summed E-state index contributed by atoms with van der Waals surface area (Å²) in [6.07, 6.45) is 0.506. The minimum absolute atomic E-state index is 0.0379. The first kappa shape index (κ1) is 13.9. The number of hydrogen-bond acceptors (Lipinski definition) is 5. The number of ether oxygens (including phenoxy) is 3. The predicted octanol–water partition coefficient (Wildman–Crippen LogP) is 0.765. The van der Waals surface area contributed by atoms with Gasteiger partial charge >= 0.3 is 11.9 Å². The van der Waals surface area contributed by atoms with Gasteiger partial charge in [-0.1, -0.05) is 0 Å². The van der Waals surface area contributed by atoms with Gasteiger partial charge in [-0.25, -0.2) is 0 Å². The van der Waals surface area contributed by atoms with Crippen molar-refractivity contribution in [2.24, 2.45) is 5.92 Å². The first-order valence-corrected chi connectivity index (χ1v) is 4.88. The van der Waals surface area contributed by atoms with Crippen LogP contribution in [0.1, 0.15) is 19.8 Å². The standard InChI is InChI=1S/C10H18O5/c1-4-15-6-5-8(10(12)14-3)7-9(11)13-2/h8H,4-7H2,1-3H3. The van der Waals surface area contributed by atoms with E-state index in [0.29, 0.717) is 19.6 Å². The first-order chi connectivity index (χ1) is 7.15. The number of rotatable bonds is 7. The van der Waals surface area contributed by atoms with Crippen LogP contribution >= 0.6 is 0 Å². The number of esters is 2. The van der Waals surface area contributed by atoms with Crippen LogP contribution in [0.15, 0.2) is 0 Å². The Balaban J connectivity index is 4.06. The smallest absolute Gasteiger partial charge is 0.309 e. The Bertz CT molecular complexity index is 202. The molecule has 88 valence electrons. The average molecular weight is 218 g/mol. The lowest BCUT2D eigenvalue weighted by Gasteiger charge is -2.12. The molecule has 1 unspecified atom stereocenters. The van der Waals surface area contributed by atoms with Crippen LogP contribution in [0.25, 0.3) is 0 Å². The summed E-state index contributed by atoms with van der Waals surface area (Å²) in [5, 5.41) is 0. The van der Waals surface area contributed by atoms with Crippen molar-refractivity contribution in [3.63, 3.8) is 0 Å². The van der Waals surface area contributed by atoms with E-state index in [1.807, 2.05) is 6.92 Å². The molecule has 0 aliphatic rings. The molecule has 0 spiro atoms. The van der Waals surface area contributed by atoms with Crippen LogP contribution in [0.2, 0.25) is 0 Å². The summed E-state index contributed by atoms with van der Waals surface area (Å²) in [6.45, 7) is 2.90. The highest BCUT2D eigenvalue weighted by molar-refractivity contribution is 5.79. The number of carbonyl (C=O) groups excluding carboxylic acids is 2. The Morgan fingerprint density at radius 2 is 1.87 bits per heavy atom. The molecule has 0 aromatic rings. The molecule has 0 saturated heterocycles. The zero-order valence-corrected chi connectivity index (χ0v) is 9.45. The highest BCUT2D eigenvalue weighted by Gasteiger charge is 2.22. The van der Waals surface area contributed by atoms with Gasteiger partial charge in [-0.15, -0.1) is 0 Å². The molecule has 0 radical (unpaired) electrons. The molecule has 0 rings (SSSR count). The van der Waals surface area contributed by atoms with Crippen molar-refractivity contribution in [2.75, 3.05) is 27.4 Å². The third-order valence-corrected chi connectivity index (χ3v) is 1.99. The Hall–Kier alpha value is -1.10. The number of hydrogen-bond donors (Lipinski definition) is 0. The number of methoxy groups -OCH3 is 2. The predicted molar refractivity (Wildman–Crippen MR) is 53.2 cm³/mol. The van der Waals surface area contributed by atoms with Gasteiger partial charge in [0.15, 0.2) is 0 Å². The largest absolute Gasteiger partial charge is 0.469 e. The first-order valence-electron chi connectivity index (χ1n) is 4.88. The zero-order valence-electron chi connectivity index (χ0n) is 9.45. The van der Waals surface area contributed by atoms with Crippen molar-refractivity contribution in [1.29, 1.82) is 0 Å². The van der Waals surface area contributed by atoms with Gasteiger partial charge in [-0.3, -0.25) is 9.59 Å². The second-order valence-electron chi connectivity index (χ2n) is 2.99. The SMILES string of the molecule is CCOCCC(CC(=O)OC)C(=O)OC. The third kappa shape index (κ3) is 6.06. The normalized spacial score (nSPS) is 11.9. The number of carbonyl (C=O) groups is 2. The van der Waals surface area contributed by atoms with Gasteiger partial charge in [-0.2, -0.15) is 0 Å². The maximum Gasteiger partial charge on any atom is 0.309 e. The van der Waals surface area contributed by atoms with Crippen LogP contribution < -0.4 is 0 Å². The molecule has 0 aliphatic heterocycles. The van der Waals surface area contributed by atoms with Crippen LogP contribution in [0.3, 0.4) is 0 Å². The molecule has 0 heterocycles. The Kier molecular flexibility index (Phi) is 7.62. The fraction of sp³-hybridized carbons (Fsp3) is 0.800. The second-order valence-corrected chi connectivity index (χ2v) is 2.99. The molecular weight excluding hydrogens is 200 g/mol. The third-order valence-electron chi connectivity index (χ3n) is 1.99. The van der Waals surface area contributed by atoms with E-state index in [9.17, 15) is 9.59 Å². The summed E-state index contributed by atoms with van der Waals surface area (Å²) < 4.78 is 14.2. The highest BCUT2D eigenvalue weighted by atomic mass is 16.5. The van der Waals surface area contributed by atoms with Crippen molar-refractivity contribution in [1.82, 2.24) is 0 Å². The average Bonchev–Trinajstić information content (AvgIpc) is 2.26. The van der Waals surface area contributed by atoms with Crippen molar-refractivity contribution in [3.05, 3.63) is 0 Å². The summed E-state index contributed by atoms with van der Waals surface area (Å²) >= 11 is 0. The van der Waals surface area contributed by atoms with Gasteiger partial charge in [0.05, 0.1) is 26.6 Å². The fourth-order valence-electron chi connectivity index (χ4n) is 1.12. The fourth-order valence-corrected chi connectivity index (χ4v) is 1.12. The van der Waals surface area contributed by atoms with Gasteiger partial charge < -0.3 is 14.2 Å². The summed E-state index contributed by atoms with van der Waals surface area (Å²) in [5.74, 6) is -1.30. The Labute approximate surface area is 89.7 Å². The van der Waals surface area contributed by atoms with Gasteiger partial charge in [0.25, 0.3) is 0 Å². The highest BCUT2D eigenvalue weighted by Crippen LogP contribution is 2.11. The minimum atomic E-state index is -0.478. The molecule has 5 heteroatoms. The van der Waals surface area contributed by atoms with E-state index in [0.717, 1.165) is 0 Å². The van der Waals surface area contributed by atoms with E-state index in [2.05, 4.69) is 9.47 Å². The molecule has 5 nitrogen and oxygen atoms in total. The van der Waals surface area contributed by atoms with E-state index in [4.69, 9.17) is 4.74 Å². The zero-order chi connectivity index (χ0) is 11.7. The quantitative estimate of drug-likeness (QED) is 0.466. The van der Waals surface area contributed by atoms with Crippen LogP contribution in [-0.2, 0) is 23.8 Å². The molecule has 0 N–H and O–H groups in total. The van der Waals surface area contributed by atoms with Gasteiger partial charge in [0, 0.05) is 13.2 Å². The topological polar surface area (TPSA) is 61.8 Å². The summed E-state index contributed by atoms with van der Waals surface area (Å²) in [5.41, 5.74) is 0. The van der Waals surface area contributed by atoms with Gasteiger partial charge in [0.2, 0.25) is 0 Å². The van der Waals surface area contributed by atoms with Crippen LogP contribution in [0, 0.1) is 5.92 Å². The van der Waals surface area contributed by atoms with Gasteiger partial charge in [0.1, 0.15) is 0 Å². The summed E-state index contributed by atoms with van der Waals surface area (Å²) in [7, 11) is 2.59. The van der Waals surface area contributed by atoms with Crippen molar-refractivity contribution in [3.8, 4) is 0 Å². The summed E-state index contributed by atoms with van der Waals surface area (Å²) in [6, 6.07) is 0. The van der Waals surface area contributed by atoms with Gasteiger partial charge in [-0.05, 0) is 13.3 Å². The van der Waals surface area contributed by atoms with E-state index in [1.54, 1.807) is 0 Å². The van der Waals surface area contributed by atoms with E-state index in [-0.39, 0.29) is 6.42 Å². The van der Waals surface area contributed by atoms with E-state index < -0.39 is 17.9 Å². The van der Waals surface area contributed by atoms with Crippen molar-refractivity contribution < 1.29 is 23.8 Å². The minimum Gasteiger partial charge on any atom is -0.469 e. The van der Waals surface area contributed by atoms with Crippen LogP contribution in [0.5, 0.6) is 0 Å². The molecule has 0 saturated carbocycles. The Morgan fingerprint density at radius 3 is 2.33 bits per heavy atom. The maximum atomic E-state index is 11.3. The molecule has 0 aromatic carbocycles. The molecule has 0 aliphatic carbocycles. The molecule has 0 amide bonds. The van der Waals surface area contributed by atoms with Crippen molar-refractivity contribution >= 4 is 11.9 Å².